The van der Waals surface area contributed by atoms with Gasteiger partial charge in [-0.15, -0.1) is 0 Å². The highest BCUT2D eigenvalue weighted by atomic mass is 32.2. The first-order valence-electron chi connectivity index (χ1n) is 10.3. The monoisotopic (exact) mass is 447 g/mol. The Hall–Kier alpha value is -2.68. The van der Waals surface area contributed by atoms with Crippen molar-refractivity contribution in [2.45, 2.75) is 26.7 Å². The number of benzene rings is 1. The first-order chi connectivity index (χ1) is 14.8. The Morgan fingerprint density at radius 3 is 2.55 bits per heavy atom. The van der Waals surface area contributed by atoms with E-state index < -0.39 is 17.0 Å². The van der Waals surface area contributed by atoms with Crippen LogP contribution in [0.4, 0.5) is 9.18 Å². The van der Waals surface area contributed by atoms with Crippen LogP contribution in [0.15, 0.2) is 29.2 Å². The number of nitrogens with one attached hydrogen (secondary N) is 1. The van der Waals surface area contributed by atoms with E-state index in [4.69, 9.17) is 0 Å². The van der Waals surface area contributed by atoms with Crippen molar-refractivity contribution >= 4 is 40.8 Å². The quantitative estimate of drug-likeness (QED) is 0.678. The van der Waals surface area contributed by atoms with Crippen LogP contribution in [0.2, 0.25) is 0 Å². The molecule has 4 amide bonds. The summed E-state index contributed by atoms with van der Waals surface area (Å²) in [7, 11) is 0. The maximum atomic E-state index is 13.8. The van der Waals surface area contributed by atoms with Gasteiger partial charge in [-0.3, -0.25) is 24.1 Å². The molecule has 31 heavy (non-hydrogen) atoms. The average molecular weight is 448 g/mol. The number of carbonyl (C=O) groups excluding carboxylic acids is 4. The van der Waals surface area contributed by atoms with E-state index in [1.807, 2.05) is 13.8 Å². The Morgan fingerprint density at radius 2 is 1.90 bits per heavy atom. The van der Waals surface area contributed by atoms with E-state index in [9.17, 15) is 23.6 Å². The minimum absolute atomic E-state index is 0.0513. The van der Waals surface area contributed by atoms with Gasteiger partial charge in [-0.2, -0.15) is 0 Å². The van der Waals surface area contributed by atoms with Gasteiger partial charge in [-0.25, -0.2) is 4.39 Å². The molecule has 0 aliphatic carbocycles. The maximum absolute atomic E-state index is 13.8. The van der Waals surface area contributed by atoms with E-state index in [1.54, 1.807) is 17.0 Å². The highest BCUT2D eigenvalue weighted by Crippen LogP contribution is 2.32. The van der Waals surface area contributed by atoms with Crippen molar-refractivity contribution in [2.24, 2.45) is 11.8 Å². The lowest BCUT2D eigenvalue weighted by atomic mass is 9.95. The second kappa shape index (κ2) is 10.1. The first-order valence-corrected chi connectivity index (χ1v) is 11.2. The van der Waals surface area contributed by atoms with Crippen molar-refractivity contribution in [1.29, 1.82) is 0 Å². The van der Waals surface area contributed by atoms with Gasteiger partial charge in [0, 0.05) is 43.6 Å². The Morgan fingerprint density at radius 1 is 1.23 bits per heavy atom. The molecule has 0 aromatic heterocycles. The summed E-state index contributed by atoms with van der Waals surface area (Å²) in [6.45, 7) is 5.03. The van der Waals surface area contributed by atoms with Crippen LogP contribution in [-0.2, 0) is 14.4 Å². The van der Waals surface area contributed by atoms with Crippen molar-refractivity contribution in [3.05, 3.63) is 40.6 Å². The summed E-state index contributed by atoms with van der Waals surface area (Å²) < 4.78 is 13.8. The minimum atomic E-state index is -0.493. The van der Waals surface area contributed by atoms with Gasteiger partial charge < -0.3 is 10.2 Å². The fourth-order valence-electron chi connectivity index (χ4n) is 3.59. The SMILES string of the molecule is CC(C)C(=O)N1CCC(C(=O)NCCN2C(=O)SC(=Cc3ccccc3F)C2=O)CC1. The number of amides is 4. The van der Waals surface area contributed by atoms with Gasteiger partial charge in [0.1, 0.15) is 5.82 Å². The molecule has 3 rings (SSSR count). The van der Waals surface area contributed by atoms with Crippen LogP contribution in [0.25, 0.3) is 6.08 Å². The van der Waals surface area contributed by atoms with Gasteiger partial charge >= 0.3 is 0 Å². The van der Waals surface area contributed by atoms with Crippen LogP contribution >= 0.6 is 11.8 Å². The molecule has 2 fully saturated rings. The number of thioether (sulfide) groups is 1. The van der Waals surface area contributed by atoms with Crippen LogP contribution in [0.5, 0.6) is 0 Å². The van der Waals surface area contributed by atoms with Crippen molar-refractivity contribution in [3.8, 4) is 0 Å². The smallest absolute Gasteiger partial charge is 0.293 e. The number of piperidine rings is 1. The van der Waals surface area contributed by atoms with Crippen LogP contribution in [0, 0.1) is 17.7 Å². The maximum Gasteiger partial charge on any atom is 0.293 e. The predicted octanol–water partition coefficient (Wildman–Crippen LogP) is 2.87. The summed E-state index contributed by atoms with van der Waals surface area (Å²) in [6, 6.07) is 6.02. The Kier molecular flexibility index (Phi) is 7.48. The minimum Gasteiger partial charge on any atom is -0.354 e. The van der Waals surface area contributed by atoms with Crippen LogP contribution in [0.3, 0.4) is 0 Å². The van der Waals surface area contributed by atoms with Gasteiger partial charge in [0.25, 0.3) is 11.1 Å². The lowest BCUT2D eigenvalue weighted by molar-refractivity contribution is -0.138. The fraction of sp³-hybridized carbons (Fsp3) is 0.455. The number of hydrogen-bond donors (Lipinski definition) is 1. The molecule has 7 nitrogen and oxygen atoms in total. The van der Waals surface area contributed by atoms with E-state index >= 15 is 0 Å². The first kappa shape index (κ1) is 23.0. The number of imide groups is 1. The third kappa shape index (κ3) is 5.52. The van der Waals surface area contributed by atoms with Gasteiger partial charge in [0.05, 0.1) is 4.91 Å². The molecule has 166 valence electrons. The molecule has 0 saturated carbocycles. The van der Waals surface area contributed by atoms with Gasteiger partial charge in [-0.05, 0) is 36.7 Å². The molecule has 2 heterocycles. The third-order valence-electron chi connectivity index (χ3n) is 5.37. The van der Waals surface area contributed by atoms with Gasteiger partial charge in [0.15, 0.2) is 0 Å². The number of rotatable bonds is 6. The highest BCUT2D eigenvalue weighted by molar-refractivity contribution is 8.18. The molecule has 0 spiro atoms. The summed E-state index contributed by atoms with van der Waals surface area (Å²) in [5.74, 6) is -1.24. The zero-order valence-electron chi connectivity index (χ0n) is 17.6. The lowest BCUT2D eigenvalue weighted by Gasteiger charge is -2.32. The van der Waals surface area contributed by atoms with E-state index in [-0.39, 0.29) is 47.2 Å². The van der Waals surface area contributed by atoms with E-state index in [1.165, 1.54) is 18.2 Å². The second-order valence-electron chi connectivity index (χ2n) is 7.90. The van der Waals surface area contributed by atoms with Crippen molar-refractivity contribution in [2.75, 3.05) is 26.2 Å². The summed E-state index contributed by atoms with van der Waals surface area (Å²) in [6.07, 6.45) is 2.56. The molecular formula is C22H26FN3O4S. The zero-order chi connectivity index (χ0) is 22.5. The van der Waals surface area contributed by atoms with Crippen molar-refractivity contribution in [3.63, 3.8) is 0 Å². The topological polar surface area (TPSA) is 86.8 Å². The molecule has 1 N–H and O–H groups in total. The molecular weight excluding hydrogens is 421 g/mol. The Bertz CT molecular complexity index is 910. The standard InChI is InChI=1S/C22H26FN3O4S/c1-14(2)20(28)25-10-7-15(8-11-25)19(27)24-9-12-26-21(29)18(31-22(26)30)13-16-5-3-4-6-17(16)23/h3-6,13-15H,7-12H2,1-2H3,(H,24,27). The van der Waals surface area contributed by atoms with Crippen molar-refractivity contribution < 1.29 is 23.6 Å². The van der Waals surface area contributed by atoms with Gasteiger partial charge in [-0.1, -0.05) is 32.0 Å². The van der Waals surface area contributed by atoms with Crippen LogP contribution in [-0.4, -0.2) is 58.9 Å². The second-order valence-corrected chi connectivity index (χ2v) is 8.89. The lowest BCUT2D eigenvalue weighted by Crippen LogP contribution is -2.45. The molecule has 1 aromatic rings. The third-order valence-corrected chi connectivity index (χ3v) is 6.28. The number of carbonyl (C=O) groups is 4. The number of halogens is 1. The van der Waals surface area contributed by atoms with Crippen LogP contribution < -0.4 is 5.32 Å². The van der Waals surface area contributed by atoms with E-state index in [0.717, 1.165) is 16.7 Å². The summed E-state index contributed by atoms with van der Waals surface area (Å²) in [4.78, 5) is 52.2. The highest BCUT2D eigenvalue weighted by Gasteiger charge is 2.35. The molecule has 1 aromatic carbocycles. The number of hydrogen-bond acceptors (Lipinski definition) is 5. The fourth-order valence-corrected chi connectivity index (χ4v) is 4.44. The average Bonchev–Trinajstić information content (AvgIpc) is 3.02. The summed E-state index contributed by atoms with van der Waals surface area (Å²) in [5.41, 5.74) is 0.239. The zero-order valence-corrected chi connectivity index (χ0v) is 18.4. The molecule has 2 saturated heterocycles. The molecule has 0 atom stereocenters. The predicted molar refractivity (Wildman–Crippen MR) is 116 cm³/mol. The Labute approximate surface area is 185 Å². The molecule has 2 aliphatic heterocycles. The summed E-state index contributed by atoms with van der Waals surface area (Å²) in [5, 5.41) is 2.34. The molecule has 9 heteroatoms. The molecule has 0 unspecified atom stereocenters. The van der Waals surface area contributed by atoms with Crippen LogP contribution in [0.1, 0.15) is 32.3 Å². The molecule has 2 aliphatic rings. The number of nitrogens with zero attached hydrogens (tertiary/aromatic N) is 2. The molecule has 0 bridgehead atoms. The normalized spacial score (nSPS) is 18.9. The van der Waals surface area contributed by atoms with Crippen molar-refractivity contribution in [1.82, 2.24) is 15.1 Å². The van der Waals surface area contributed by atoms with Gasteiger partial charge in [0.2, 0.25) is 11.8 Å². The van der Waals surface area contributed by atoms with E-state index in [0.29, 0.717) is 25.9 Å². The number of likely N-dealkylation sites (tertiary alicyclic amines) is 1. The van der Waals surface area contributed by atoms with E-state index in [2.05, 4.69) is 5.32 Å². The Balaban J connectivity index is 1.48. The summed E-state index contributed by atoms with van der Waals surface area (Å²) >= 11 is 0.759. The largest absolute Gasteiger partial charge is 0.354 e. The molecule has 0 radical (unpaired) electrons.